The van der Waals surface area contributed by atoms with Crippen LogP contribution in [-0.2, 0) is 15.6 Å². The van der Waals surface area contributed by atoms with Gasteiger partial charge in [0.05, 0.1) is 0 Å². The summed E-state index contributed by atoms with van der Waals surface area (Å²) >= 11 is 1.82. The van der Waals surface area contributed by atoms with Crippen molar-refractivity contribution in [3.63, 3.8) is 0 Å². The number of amides is 1. The van der Waals surface area contributed by atoms with Gasteiger partial charge < -0.3 is 9.64 Å². The highest BCUT2D eigenvalue weighted by atomic mass is 32.1. The summed E-state index contributed by atoms with van der Waals surface area (Å²) in [5.41, 5.74) is 4.20. The summed E-state index contributed by atoms with van der Waals surface area (Å²) in [5, 5.41) is 1.11. The summed E-state index contributed by atoms with van der Waals surface area (Å²) in [6.07, 6.45) is 6.24. The van der Waals surface area contributed by atoms with E-state index in [2.05, 4.69) is 52.1 Å². The van der Waals surface area contributed by atoms with Gasteiger partial charge in [-0.3, -0.25) is 0 Å². The molecule has 1 aliphatic carbocycles. The molecule has 5 heteroatoms. The fourth-order valence-corrected chi connectivity index (χ4v) is 6.08. The third-order valence-corrected chi connectivity index (χ3v) is 8.38. The minimum absolute atomic E-state index is 0.194. The zero-order valence-electron chi connectivity index (χ0n) is 20.7. The lowest BCUT2D eigenvalue weighted by molar-refractivity contribution is 0.0205. The molecule has 4 rings (SSSR count). The molecule has 0 atom stereocenters. The normalized spacial score (nSPS) is 20.7. The molecule has 0 bridgehead atoms. The quantitative estimate of drug-likeness (QED) is 0.479. The van der Waals surface area contributed by atoms with E-state index in [-0.39, 0.29) is 16.9 Å². The van der Waals surface area contributed by atoms with Crippen molar-refractivity contribution >= 4 is 17.4 Å². The van der Waals surface area contributed by atoms with Crippen molar-refractivity contribution in [3.8, 4) is 10.6 Å². The molecule has 2 aliphatic rings. The maximum absolute atomic E-state index is 12.4. The van der Waals surface area contributed by atoms with Crippen LogP contribution in [0.3, 0.4) is 0 Å². The van der Waals surface area contributed by atoms with Gasteiger partial charge in [-0.1, -0.05) is 39.8 Å². The topological polar surface area (TPSA) is 42.4 Å². The highest BCUT2D eigenvalue weighted by Crippen LogP contribution is 2.47. The number of aromatic nitrogens is 1. The van der Waals surface area contributed by atoms with E-state index in [1.165, 1.54) is 34.4 Å². The van der Waals surface area contributed by atoms with Crippen LogP contribution in [0.25, 0.3) is 10.6 Å². The van der Waals surface area contributed by atoms with Crippen molar-refractivity contribution in [2.24, 2.45) is 0 Å². The number of benzene rings is 1. The molecule has 1 amide bonds. The van der Waals surface area contributed by atoms with Gasteiger partial charge >= 0.3 is 6.09 Å². The Kier molecular flexibility index (Phi) is 5.94. The molecule has 2 heterocycles. The average molecular weight is 455 g/mol. The third kappa shape index (κ3) is 4.73. The number of hydrogen-bond acceptors (Lipinski definition) is 4. The highest BCUT2D eigenvalue weighted by molar-refractivity contribution is 7.15. The van der Waals surface area contributed by atoms with Crippen molar-refractivity contribution in [2.75, 3.05) is 13.1 Å². The van der Waals surface area contributed by atoms with Crippen LogP contribution in [0.15, 0.2) is 24.4 Å². The molecule has 2 aromatic rings. The second-order valence-electron chi connectivity index (χ2n) is 11.8. The van der Waals surface area contributed by atoms with Crippen LogP contribution in [0.5, 0.6) is 0 Å². The van der Waals surface area contributed by atoms with Gasteiger partial charge in [-0.05, 0) is 80.4 Å². The van der Waals surface area contributed by atoms with Gasteiger partial charge in [-0.2, -0.15) is 0 Å². The first-order chi connectivity index (χ1) is 14.9. The summed E-state index contributed by atoms with van der Waals surface area (Å²) in [5.74, 6) is 0.466. The molecule has 32 heavy (non-hydrogen) atoms. The Hall–Kier alpha value is -1.88. The molecule has 0 unspecified atom stereocenters. The van der Waals surface area contributed by atoms with E-state index in [9.17, 15) is 4.79 Å². The molecular formula is C27H38N2O2S. The Balaban J connectivity index is 1.48. The smallest absolute Gasteiger partial charge is 0.410 e. The van der Waals surface area contributed by atoms with Gasteiger partial charge in [0.15, 0.2) is 0 Å². The van der Waals surface area contributed by atoms with Crippen LogP contribution in [0, 0.1) is 0 Å². The number of fused-ring (bicyclic) bond motifs is 1. The Morgan fingerprint density at radius 3 is 2.31 bits per heavy atom. The second-order valence-corrected chi connectivity index (χ2v) is 12.9. The summed E-state index contributed by atoms with van der Waals surface area (Å²) in [4.78, 5) is 20.3. The SMILES string of the molecule is CC(C)(C)OC(=O)N1CCC(c2cnc(-c3ccc4c(c3)C(C)(C)CCC4(C)C)s2)CC1. The fraction of sp³-hybridized carbons (Fsp3) is 0.630. The minimum Gasteiger partial charge on any atom is -0.444 e. The lowest BCUT2D eigenvalue weighted by Gasteiger charge is -2.42. The van der Waals surface area contributed by atoms with E-state index in [0.717, 1.165) is 30.9 Å². The number of carbonyl (C=O) groups excluding carboxylic acids is 1. The second kappa shape index (κ2) is 8.16. The lowest BCUT2D eigenvalue weighted by Crippen LogP contribution is -2.41. The molecule has 0 spiro atoms. The molecule has 0 saturated carbocycles. The monoisotopic (exact) mass is 454 g/mol. The Morgan fingerprint density at radius 2 is 1.69 bits per heavy atom. The zero-order chi connectivity index (χ0) is 23.3. The number of nitrogens with zero attached hydrogens (tertiary/aromatic N) is 2. The van der Waals surface area contributed by atoms with Crippen molar-refractivity contribution in [1.29, 1.82) is 0 Å². The molecule has 1 aromatic heterocycles. The highest BCUT2D eigenvalue weighted by Gasteiger charge is 2.37. The Labute approximate surface area is 197 Å². The van der Waals surface area contributed by atoms with E-state index in [0.29, 0.717) is 5.92 Å². The molecule has 1 aliphatic heterocycles. The van der Waals surface area contributed by atoms with Crippen LogP contribution in [-0.4, -0.2) is 34.7 Å². The number of rotatable bonds is 2. The lowest BCUT2D eigenvalue weighted by atomic mass is 9.63. The van der Waals surface area contributed by atoms with Gasteiger partial charge in [0.25, 0.3) is 0 Å². The van der Waals surface area contributed by atoms with E-state index in [1.54, 1.807) is 0 Å². The van der Waals surface area contributed by atoms with Gasteiger partial charge in [0.2, 0.25) is 0 Å². The number of hydrogen-bond donors (Lipinski definition) is 0. The molecule has 1 fully saturated rings. The van der Waals surface area contributed by atoms with Gasteiger partial charge in [0.1, 0.15) is 10.6 Å². The van der Waals surface area contributed by atoms with E-state index in [4.69, 9.17) is 9.72 Å². The van der Waals surface area contributed by atoms with Crippen LogP contribution in [0.4, 0.5) is 4.79 Å². The van der Waals surface area contributed by atoms with Crippen molar-refractivity contribution in [3.05, 3.63) is 40.4 Å². The molecule has 0 radical (unpaired) electrons. The molecule has 1 aromatic carbocycles. The molecule has 0 N–H and O–H groups in total. The predicted molar refractivity (Wildman–Crippen MR) is 133 cm³/mol. The first kappa shape index (κ1) is 23.3. The minimum atomic E-state index is -0.445. The van der Waals surface area contributed by atoms with Crippen molar-refractivity contribution < 1.29 is 9.53 Å². The average Bonchev–Trinajstić information content (AvgIpc) is 3.20. The van der Waals surface area contributed by atoms with Gasteiger partial charge in [0, 0.05) is 29.7 Å². The number of likely N-dealkylation sites (tertiary alicyclic amines) is 1. The maximum Gasteiger partial charge on any atom is 0.410 e. The maximum atomic E-state index is 12.4. The first-order valence-electron chi connectivity index (χ1n) is 11.9. The summed E-state index contributed by atoms with van der Waals surface area (Å²) < 4.78 is 5.53. The van der Waals surface area contributed by atoms with E-state index < -0.39 is 5.60 Å². The third-order valence-electron chi connectivity index (χ3n) is 7.17. The van der Waals surface area contributed by atoms with Crippen LogP contribution < -0.4 is 0 Å². The predicted octanol–water partition coefficient (Wildman–Crippen LogP) is 7.27. The molecular weight excluding hydrogens is 416 g/mol. The van der Waals surface area contributed by atoms with E-state index in [1.807, 2.05) is 37.0 Å². The van der Waals surface area contributed by atoms with Gasteiger partial charge in [-0.15, -0.1) is 11.3 Å². The largest absolute Gasteiger partial charge is 0.444 e. The van der Waals surface area contributed by atoms with Crippen molar-refractivity contribution in [2.45, 2.75) is 96.5 Å². The van der Waals surface area contributed by atoms with Crippen LogP contribution >= 0.6 is 11.3 Å². The van der Waals surface area contributed by atoms with E-state index >= 15 is 0 Å². The fourth-order valence-electron chi connectivity index (χ4n) is 5.00. The number of carbonyl (C=O) groups is 1. The zero-order valence-corrected chi connectivity index (χ0v) is 21.6. The summed E-state index contributed by atoms with van der Waals surface area (Å²) in [6.45, 7) is 16.7. The number of thiazole rings is 1. The number of piperidine rings is 1. The van der Waals surface area contributed by atoms with Crippen LogP contribution in [0.1, 0.15) is 96.1 Å². The van der Waals surface area contributed by atoms with Crippen LogP contribution in [0.2, 0.25) is 0 Å². The Bertz CT molecular complexity index is 991. The van der Waals surface area contributed by atoms with Crippen molar-refractivity contribution in [1.82, 2.24) is 9.88 Å². The first-order valence-corrected chi connectivity index (χ1v) is 12.8. The standard InChI is InChI=1S/C27H38N2O2S/c1-25(2,3)31-24(30)29-14-10-18(11-15-29)22-17-28-23(32-22)19-8-9-20-21(16-19)27(6,7)13-12-26(20,4)5/h8-9,16-18H,10-15H2,1-7H3. The number of ether oxygens (including phenoxy) is 1. The summed E-state index contributed by atoms with van der Waals surface area (Å²) in [7, 11) is 0. The summed E-state index contributed by atoms with van der Waals surface area (Å²) in [6, 6.07) is 6.99. The molecule has 1 saturated heterocycles. The molecule has 4 nitrogen and oxygen atoms in total. The molecule has 174 valence electrons. The Morgan fingerprint density at radius 1 is 1.06 bits per heavy atom. The van der Waals surface area contributed by atoms with Gasteiger partial charge in [-0.25, -0.2) is 9.78 Å².